The molecule has 2 rings (SSSR count). The first-order chi connectivity index (χ1) is 8.08. The normalized spacial score (nSPS) is 26.0. The monoisotopic (exact) mass is 237 g/mol. The molecule has 1 heterocycles. The fraction of sp³-hybridized carbons (Fsp3) is 0.538. The molecule has 0 saturated carbocycles. The van der Waals surface area contributed by atoms with Crippen molar-refractivity contribution in [1.82, 2.24) is 5.32 Å². The van der Waals surface area contributed by atoms with Crippen molar-refractivity contribution in [3.05, 3.63) is 23.8 Å². The minimum absolute atomic E-state index is 0.0174. The summed E-state index contributed by atoms with van der Waals surface area (Å²) in [6.07, 6.45) is 1.17. The van der Waals surface area contributed by atoms with Crippen molar-refractivity contribution in [3.63, 3.8) is 0 Å². The molecule has 0 aliphatic carbocycles. The van der Waals surface area contributed by atoms with Crippen LogP contribution < -0.4 is 5.32 Å². The number of nitrogens with one attached hydrogen (secondary N) is 1. The number of aromatic hydroxyl groups is 2. The first kappa shape index (κ1) is 12.2. The molecule has 3 unspecified atom stereocenters. The molecule has 1 saturated heterocycles. The van der Waals surface area contributed by atoms with Gasteiger partial charge in [-0.1, -0.05) is 0 Å². The van der Waals surface area contributed by atoms with Crippen LogP contribution in [0.1, 0.15) is 31.9 Å². The van der Waals surface area contributed by atoms with Gasteiger partial charge in [-0.05, 0) is 38.5 Å². The first-order valence-electron chi connectivity index (χ1n) is 5.97. The smallest absolute Gasteiger partial charge is 0.120 e. The van der Waals surface area contributed by atoms with E-state index in [1.54, 1.807) is 6.07 Å². The van der Waals surface area contributed by atoms with Gasteiger partial charge >= 0.3 is 0 Å². The Morgan fingerprint density at radius 2 is 2.18 bits per heavy atom. The molecule has 0 radical (unpaired) electrons. The highest BCUT2D eigenvalue weighted by Crippen LogP contribution is 2.29. The highest BCUT2D eigenvalue weighted by molar-refractivity contribution is 5.40. The van der Waals surface area contributed by atoms with Gasteiger partial charge in [0.15, 0.2) is 0 Å². The van der Waals surface area contributed by atoms with Gasteiger partial charge in [0.25, 0.3) is 0 Å². The van der Waals surface area contributed by atoms with Crippen LogP contribution in [0.5, 0.6) is 11.5 Å². The minimum Gasteiger partial charge on any atom is -0.508 e. The van der Waals surface area contributed by atoms with E-state index in [-0.39, 0.29) is 23.6 Å². The molecule has 0 spiro atoms. The summed E-state index contributed by atoms with van der Waals surface area (Å²) in [7, 11) is 0. The molecule has 1 aromatic carbocycles. The van der Waals surface area contributed by atoms with Gasteiger partial charge in [0.1, 0.15) is 11.5 Å². The Kier molecular flexibility index (Phi) is 3.54. The lowest BCUT2D eigenvalue weighted by Gasteiger charge is -2.22. The van der Waals surface area contributed by atoms with Crippen LogP contribution in [0.3, 0.4) is 0 Å². The van der Waals surface area contributed by atoms with E-state index in [0.717, 1.165) is 13.0 Å². The van der Waals surface area contributed by atoms with Crippen molar-refractivity contribution in [3.8, 4) is 11.5 Å². The summed E-state index contributed by atoms with van der Waals surface area (Å²) in [6.45, 7) is 4.79. The first-order valence-corrected chi connectivity index (χ1v) is 5.97. The molecule has 0 bridgehead atoms. The Morgan fingerprint density at radius 3 is 2.82 bits per heavy atom. The lowest BCUT2D eigenvalue weighted by atomic mass is 10.0. The van der Waals surface area contributed by atoms with Crippen molar-refractivity contribution in [2.75, 3.05) is 6.61 Å². The Hall–Kier alpha value is -1.26. The van der Waals surface area contributed by atoms with Crippen LogP contribution in [-0.4, -0.2) is 29.0 Å². The summed E-state index contributed by atoms with van der Waals surface area (Å²) in [5.41, 5.74) is 0.712. The van der Waals surface area contributed by atoms with Crippen LogP contribution in [-0.2, 0) is 4.74 Å². The molecular formula is C13H19NO3. The molecule has 3 N–H and O–H groups in total. The number of hydrogen-bond donors (Lipinski definition) is 3. The zero-order chi connectivity index (χ0) is 12.4. The van der Waals surface area contributed by atoms with Crippen molar-refractivity contribution in [1.29, 1.82) is 0 Å². The maximum atomic E-state index is 9.76. The minimum atomic E-state index is -0.0174. The third-order valence-corrected chi connectivity index (χ3v) is 3.32. The molecule has 1 aliphatic rings. The Bertz CT molecular complexity index is 394. The second kappa shape index (κ2) is 4.94. The van der Waals surface area contributed by atoms with Crippen molar-refractivity contribution >= 4 is 0 Å². The summed E-state index contributed by atoms with van der Waals surface area (Å²) in [4.78, 5) is 0. The van der Waals surface area contributed by atoms with Crippen LogP contribution in [0.25, 0.3) is 0 Å². The van der Waals surface area contributed by atoms with Gasteiger partial charge in [-0.25, -0.2) is 0 Å². The third-order valence-electron chi connectivity index (χ3n) is 3.32. The van der Waals surface area contributed by atoms with Crippen LogP contribution >= 0.6 is 0 Å². The number of phenols is 2. The standard InChI is InChI=1S/C13H19NO3/c1-8(14-12-5-6-17-9(12)2)11-7-10(15)3-4-13(11)16/h3-4,7-9,12,14-16H,5-6H2,1-2H3. The second-order valence-corrected chi connectivity index (χ2v) is 4.60. The Labute approximate surface area is 101 Å². The lowest BCUT2D eigenvalue weighted by molar-refractivity contribution is 0.111. The molecular weight excluding hydrogens is 218 g/mol. The topological polar surface area (TPSA) is 61.7 Å². The third kappa shape index (κ3) is 2.70. The molecule has 4 nitrogen and oxygen atoms in total. The fourth-order valence-corrected chi connectivity index (χ4v) is 2.25. The second-order valence-electron chi connectivity index (χ2n) is 4.60. The van der Waals surface area contributed by atoms with Gasteiger partial charge in [-0.15, -0.1) is 0 Å². The Balaban J connectivity index is 2.08. The maximum absolute atomic E-state index is 9.76. The van der Waals surface area contributed by atoms with Gasteiger partial charge in [0.05, 0.1) is 6.10 Å². The average Bonchev–Trinajstić information content (AvgIpc) is 2.68. The molecule has 0 amide bonds. The number of phenolic OH excluding ortho intramolecular Hbond substituents is 2. The van der Waals surface area contributed by atoms with E-state index in [4.69, 9.17) is 4.74 Å². The van der Waals surface area contributed by atoms with Gasteiger partial charge < -0.3 is 20.3 Å². The molecule has 4 heteroatoms. The van der Waals surface area contributed by atoms with E-state index < -0.39 is 0 Å². The summed E-state index contributed by atoms with van der Waals surface area (Å²) in [5, 5.41) is 22.6. The van der Waals surface area contributed by atoms with Crippen LogP contribution in [0.4, 0.5) is 0 Å². The van der Waals surface area contributed by atoms with Crippen molar-refractivity contribution in [2.24, 2.45) is 0 Å². The van der Waals surface area contributed by atoms with E-state index >= 15 is 0 Å². The number of rotatable bonds is 3. The molecule has 17 heavy (non-hydrogen) atoms. The molecule has 3 atom stereocenters. The van der Waals surface area contributed by atoms with E-state index in [0.29, 0.717) is 11.6 Å². The SMILES string of the molecule is CC(NC1CCOC1C)c1cc(O)ccc1O. The lowest BCUT2D eigenvalue weighted by Crippen LogP contribution is -2.36. The molecule has 1 aromatic rings. The zero-order valence-corrected chi connectivity index (χ0v) is 10.2. The summed E-state index contributed by atoms with van der Waals surface area (Å²) in [6, 6.07) is 4.86. The van der Waals surface area contributed by atoms with Gasteiger partial charge in [-0.2, -0.15) is 0 Å². The summed E-state index contributed by atoms with van der Waals surface area (Å²) in [5.74, 6) is 0.372. The molecule has 1 aliphatic heterocycles. The van der Waals surface area contributed by atoms with Gasteiger partial charge in [-0.3, -0.25) is 0 Å². The predicted octanol–water partition coefficient (Wildman–Crippen LogP) is 1.93. The van der Waals surface area contributed by atoms with Crippen LogP contribution in [0, 0.1) is 0 Å². The predicted molar refractivity (Wildman–Crippen MR) is 65.1 cm³/mol. The number of ether oxygens (including phenoxy) is 1. The molecule has 1 fully saturated rings. The van der Waals surface area contributed by atoms with Gasteiger partial charge in [0.2, 0.25) is 0 Å². The average molecular weight is 237 g/mol. The van der Waals surface area contributed by atoms with Crippen LogP contribution in [0.15, 0.2) is 18.2 Å². The van der Waals surface area contributed by atoms with E-state index in [2.05, 4.69) is 5.32 Å². The van der Waals surface area contributed by atoms with Crippen LogP contribution in [0.2, 0.25) is 0 Å². The van der Waals surface area contributed by atoms with E-state index in [1.165, 1.54) is 12.1 Å². The van der Waals surface area contributed by atoms with Crippen molar-refractivity contribution in [2.45, 2.75) is 38.5 Å². The summed E-state index contributed by atoms with van der Waals surface area (Å²) >= 11 is 0. The largest absolute Gasteiger partial charge is 0.508 e. The Morgan fingerprint density at radius 1 is 1.41 bits per heavy atom. The van der Waals surface area contributed by atoms with Gasteiger partial charge in [0, 0.05) is 24.3 Å². The maximum Gasteiger partial charge on any atom is 0.120 e. The highest BCUT2D eigenvalue weighted by Gasteiger charge is 2.26. The number of benzene rings is 1. The zero-order valence-electron chi connectivity index (χ0n) is 10.2. The fourth-order valence-electron chi connectivity index (χ4n) is 2.25. The van der Waals surface area contributed by atoms with Crippen molar-refractivity contribution < 1.29 is 14.9 Å². The van der Waals surface area contributed by atoms with E-state index in [9.17, 15) is 10.2 Å². The number of hydrogen-bond acceptors (Lipinski definition) is 4. The molecule has 94 valence electrons. The summed E-state index contributed by atoms with van der Waals surface area (Å²) < 4.78 is 5.48. The quantitative estimate of drug-likeness (QED) is 0.703. The van der Waals surface area contributed by atoms with E-state index in [1.807, 2.05) is 13.8 Å². The molecule has 0 aromatic heterocycles. The highest BCUT2D eigenvalue weighted by atomic mass is 16.5.